The molecule has 2 rings (SSSR count). The molecule has 4 heteroatoms. The Kier molecular flexibility index (Phi) is 4.81. The molecule has 0 atom stereocenters. The van der Waals surface area contributed by atoms with Crippen molar-refractivity contribution < 1.29 is 9.21 Å². The molecule has 0 saturated carbocycles. The summed E-state index contributed by atoms with van der Waals surface area (Å²) in [5.41, 5.74) is 7.62. The SMILES string of the molecule is Cc1ccc(C#CCN)c(C(=O)NCc2ccc(C)o2)c1. The lowest BCUT2D eigenvalue weighted by atomic mass is 10.0. The van der Waals surface area contributed by atoms with Gasteiger partial charge in [-0.1, -0.05) is 23.5 Å². The summed E-state index contributed by atoms with van der Waals surface area (Å²) in [6.07, 6.45) is 0. The maximum Gasteiger partial charge on any atom is 0.252 e. The predicted octanol–water partition coefficient (Wildman–Crippen LogP) is 2.14. The van der Waals surface area contributed by atoms with Gasteiger partial charge in [0.1, 0.15) is 11.5 Å². The lowest BCUT2D eigenvalue weighted by Gasteiger charge is -2.07. The molecule has 21 heavy (non-hydrogen) atoms. The van der Waals surface area contributed by atoms with Crippen molar-refractivity contribution in [3.63, 3.8) is 0 Å². The van der Waals surface area contributed by atoms with Crippen LogP contribution in [0.15, 0.2) is 34.7 Å². The van der Waals surface area contributed by atoms with Crippen LogP contribution < -0.4 is 11.1 Å². The number of hydrogen-bond acceptors (Lipinski definition) is 3. The Labute approximate surface area is 124 Å². The summed E-state index contributed by atoms with van der Waals surface area (Å²) in [6.45, 7) is 4.42. The number of benzene rings is 1. The molecule has 0 aliphatic carbocycles. The van der Waals surface area contributed by atoms with E-state index in [2.05, 4.69) is 17.2 Å². The van der Waals surface area contributed by atoms with Crippen LogP contribution in [0, 0.1) is 25.7 Å². The molecule has 0 radical (unpaired) electrons. The van der Waals surface area contributed by atoms with Crippen LogP contribution in [0.1, 0.15) is 33.0 Å². The molecule has 3 N–H and O–H groups in total. The van der Waals surface area contributed by atoms with Crippen molar-refractivity contribution in [2.75, 3.05) is 6.54 Å². The minimum absolute atomic E-state index is 0.172. The summed E-state index contributed by atoms with van der Waals surface area (Å²) in [5, 5.41) is 2.84. The summed E-state index contributed by atoms with van der Waals surface area (Å²) < 4.78 is 5.43. The van der Waals surface area contributed by atoms with Gasteiger partial charge in [-0.2, -0.15) is 0 Å². The number of amides is 1. The van der Waals surface area contributed by atoms with E-state index in [1.54, 1.807) is 0 Å². The Morgan fingerprint density at radius 1 is 1.29 bits per heavy atom. The Bertz CT molecular complexity index is 705. The lowest BCUT2D eigenvalue weighted by molar-refractivity contribution is 0.0947. The first-order chi connectivity index (χ1) is 10.1. The van der Waals surface area contributed by atoms with Gasteiger partial charge in [0.05, 0.1) is 18.7 Å². The Morgan fingerprint density at radius 2 is 2.10 bits per heavy atom. The number of carbonyl (C=O) groups excluding carboxylic acids is 1. The van der Waals surface area contributed by atoms with E-state index in [-0.39, 0.29) is 12.5 Å². The highest BCUT2D eigenvalue weighted by Gasteiger charge is 2.11. The van der Waals surface area contributed by atoms with Gasteiger partial charge in [-0.15, -0.1) is 0 Å². The highest BCUT2D eigenvalue weighted by atomic mass is 16.3. The Balaban J connectivity index is 2.15. The average molecular weight is 282 g/mol. The zero-order valence-corrected chi connectivity index (χ0v) is 12.2. The van der Waals surface area contributed by atoms with Crippen molar-refractivity contribution in [1.82, 2.24) is 5.32 Å². The smallest absolute Gasteiger partial charge is 0.252 e. The van der Waals surface area contributed by atoms with Gasteiger partial charge in [0.15, 0.2) is 0 Å². The number of carbonyl (C=O) groups is 1. The minimum atomic E-state index is -0.172. The second-order valence-electron chi connectivity index (χ2n) is 4.75. The molecule has 0 spiro atoms. The summed E-state index contributed by atoms with van der Waals surface area (Å²) in [4.78, 5) is 12.3. The zero-order valence-electron chi connectivity index (χ0n) is 12.2. The summed E-state index contributed by atoms with van der Waals surface area (Å²) in [6, 6.07) is 9.30. The maximum atomic E-state index is 12.3. The van der Waals surface area contributed by atoms with Crippen LogP contribution >= 0.6 is 0 Å². The molecule has 1 aromatic heterocycles. The fourth-order valence-corrected chi connectivity index (χ4v) is 1.94. The van der Waals surface area contributed by atoms with Crippen LogP contribution in [-0.4, -0.2) is 12.5 Å². The third-order valence-corrected chi connectivity index (χ3v) is 2.96. The van der Waals surface area contributed by atoms with Crippen molar-refractivity contribution >= 4 is 5.91 Å². The largest absolute Gasteiger partial charge is 0.465 e. The van der Waals surface area contributed by atoms with Gasteiger partial charge < -0.3 is 15.5 Å². The van der Waals surface area contributed by atoms with Gasteiger partial charge in [0.2, 0.25) is 0 Å². The van der Waals surface area contributed by atoms with Crippen molar-refractivity contribution in [1.29, 1.82) is 0 Å². The standard InChI is InChI=1S/C17H18N2O2/c1-12-5-7-14(4-3-9-18)16(10-12)17(20)19-11-15-8-6-13(2)21-15/h5-8,10H,9,11,18H2,1-2H3,(H,19,20). The lowest BCUT2D eigenvalue weighted by Crippen LogP contribution is -2.23. The van der Waals surface area contributed by atoms with E-state index in [1.165, 1.54) is 0 Å². The van der Waals surface area contributed by atoms with Crippen LogP contribution in [-0.2, 0) is 6.54 Å². The fraction of sp³-hybridized carbons (Fsp3) is 0.235. The van der Waals surface area contributed by atoms with E-state index >= 15 is 0 Å². The van der Waals surface area contributed by atoms with Crippen LogP contribution in [0.5, 0.6) is 0 Å². The number of furan rings is 1. The molecule has 0 aliphatic rings. The third kappa shape index (κ3) is 3.98. The van der Waals surface area contributed by atoms with E-state index in [0.29, 0.717) is 17.7 Å². The number of nitrogens with one attached hydrogen (secondary N) is 1. The van der Waals surface area contributed by atoms with Gasteiger partial charge in [-0.05, 0) is 38.1 Å². The normalized spacial score (nSPS) is 9.86. The number of hydrogen-bond donors (Lipinski definition) is 2. The van der Waals surface area contributed by atoms with Crippen LogP contribution in [0.4, 0.5) is 0 Å². The quantitative estimate of drug-likeness (QED) is 0.847. The maximum absolute atomic E-state index is 12.3. The van der Waals surface area contributed by atoms with Crippen molar-refractivity contribution in [2.24, 2.45) is 5.73 Å². The molecule has 108 valence electrons. The predicted molar refractivity (Wildman–Crippen MR) is 81.7 cm³/mol. The van der Waals surface area contributed by atoms with Crippen LogP contribution in [0.2, 0.25) is 0 Å². The zero-order chi connectivity index (χ0) is 15.2. The number of rotatable bonds is 3. The second kappa shape index (κ2) is 6.78. The van der Waals surface area contributed by atoms with Crippen LogP contribution in [0.3, 0.4) is 0 Å². The van der Waals surface area contributed by atoms with E-state index in [4.69, 9.17) is 10.2 Å². The first kappa shape index (κ1) is 14.9. The van der Waals surface area contributed by atoms with Gasteiger partial charge in [0, 0.05) is 5.56 Å². The molecular weight excluding hydrogens is 264 g/mol. The van der Waals surface area contributed by atoms with E-state index in [1.807, 2.05) is 44.2 Å². The van der Waals surface area contributed by atoms with Gasteiger partial charge in [0.25, 0.3) is 5.91 Å². The fourth-order valence-electron chi connectivity index (χ4n) is 1.94. The molecule has 1 aromatic carbocycles. The topological polar surface area (TPSA) is 68.3 Å². The van der Waals surface area contributed by atoms with Crippen molar-refractivity contribution in [3.8, 4) is 11.8 Å². The molecule has 1 amide bonds. The molecule has 0 fully saturated rings. The number of aryl methyl sites for hydroxylation is 2. The van der Waals surface area contributed by atoms with Crippen molar-refractivity contribution in [3.05, 3.63) is 58.5 Å². The molecule has 2 aromatic rings. The Hall–Kier alpha value is -2.51. The van der Waals surface area contributed by atoms with Gasteiger partial charge >= 0.3 is 0 Å². The second-order valence-corrected chi connectivity index (χ2v) is 4.75. The van der Waals surface area contributed by atoms with Gasteiger partial charge in [-0.25, -0.2) is 0 Å². The molecule has 1 heterocycles. The summed E-state index contributed by atoms with van der Waals surface area (Å²) in [7, 11) is 0. The molecule has 0 unspecified atom stereocenters. The summed E-state index contributed by atoms with van der Waals surface area (Å²) in [5.74, 6) is 7.08. The highest BCUT2D eigenvalue weighted by molar-refractivity contribution is 5.96. The molecule has 0 aliphatic heterocycles. The first-order valence-corrected chi connectivity index (χ1v) is 6.73. The highest BCUT2D eigenvalue weighted by Crippen LogP contribution is 2.12. The monoisotopic (exact) mass is 282 g/mol. The van der Waals surface area contributed by atoms with E-state index in [9.17, 15) is 4.79 Å². The molecule has 4 nitrogen and oxygen atoms in total. The van der Waals surface area contributed by atoms with E-state index < -0.39 is 0 Å². The molecule has 0 bridgehead atoms. The Morgan fingerprint density at radius 3 is 2.76 bits per heavy atom. The minimum Gasteiger partial charge on any atom is -0.465 e. The molecular formula is C17H18N2O2. The van der Waals surface area contributed by atoms with Crippen molar-refractivity contribution in [2.45, 2.75) is 20.4 Å². The molecule has 0 saturated heterocycles. The summed E-state index contributed by atoms with van der Waals surface area (Å²) >= 11 is 0. The van der Waals surface area contributed by atoms with Gasteiger partial charge in [-0.3, -0.25) is 4.79 Å². The average Bonchev–Trinajstić information content (AvgIpc) is 2.89. The third-order valence-electron chi connectivity index (χ3n) is 2.96. The van der Waals surface area contributed by atoms with E-state index in [0.717, 1.165) is 17.1 Å². The van der Waals surface area contributed by atoms with Crippen LogP contribution in [0.25, 0.3) is 0 Å². The number of nitrogens with two attached hydrogens (primary N) is 1. The first-order valence-electron chi connectivity index (χ1n) is 6.73.